The zero-order chi connectivity index (χ0) is 9.15. The molecule has 0 aromatic heterocycles. The van der Waals surface area contributed by atoms with Gasteiger partial charge >= 0.3 is 0 Å². The van der Waals surface area contributed by atoms with Gasteiger partial charge in [-0.05, 0) is 31.7 Å². The summed E-state index contributed by atoms with van der Waals surface area (Å²) in [7, 11) is 0. The van der Waals surface area contributed by atoms with Crippen molar-refractivity contribution in [3.8, 4) is 0 Å². The van der Waals surface area contributed by atoms with Gasteiger partial charge in [-0.25, -0.2) is 0 Å². The molecular weight excluding hydrogens is 162 g/mol. The quantitative estimate of drug-likeness (QED) is 0.725. The van der Waals surface area contributed by atoms with Crippen molar-refractivity contribution in [1.29, 1.82) is 0 Å². The molecule has 1 aliphatic carbocycles. The van der Waals surface area contributed by atoms with E-state index in [0.717, 1.165) is 25.7 Å². The van der Waals surface area contributed by atoms with E-state index < -0.39 is 0 Å². The number of hydrogen-bond donors (Lipinski definition) is 1. The van der Waals surface area contributed by atoms with Crippen LogP contribution in [-0.2, 0) is 4.74 Å². The van der Waals surface area contributed by atoms with E-state index in [0.29, 0.717) is 5.41 Å². The summed E-state index contributed by atoms with van der Waals surface area (Å²) in [6.45, 7) is 2.80. The smallest absolute Gasteiger partial charge is 0.0547 e. The molecule has 0 unspecified atom stereocenters. The molecule has 2 nitrogen and oxygen atoms in total. The first-order valence-electron chi connectivity index (χ1n) is 5.65. The molecule has 2 fully saturated rings. The van der Waals surface area contributed by atoms with Crippen LogP contribution in [0, 0.1) is 11.3 Å². The second kappa shape index (κ2) is 3.97. The number of nitrogens with two attached hydrogens (primary N) is 1. The summed E-state index contributed by atoms with van der Waals surface area (Å²) in [4.78, 5) is 0. The lowest BCUT2D eigenvalue weighted by molar-refractivity contribution is -0.155. The Hall–Kier alpha value is -0.0800. The molecule has 0 aromatic rings. The van der Waals surface area contributed by atoms with Crippen LogP contribution in [0.1, 0.15) is 38.5 Å². The Labute approximate surface area is 80.8 Å². The summed E-state index contributed by atoms with van der Waals surface area (Å²) in [5.41, 5.74) is 6.17. The van der Waals surface area contributed by atoms with Gasteiger partial charge in [0, 0.05) is 5.41 Å². The molecule has 0 spiro atoms. The maximum atomic E-state index is 5.68. The van der Waals surface area contributed by atoms with Crippen molar-refractivity contribution >= 4 is 0 Å². The van der Waals surface area contributed by atoms with Gasteiger partial charge in [0.25, 0.3) is 0 Å². The van der Waals surface area contributed by atoms with Crippen molar-refractivity contribution in [3.63, 3.8) is 0 Å². The second-order valence-electron chi connectivity index (χ2n) is 4.73. The Bertz CT molecular complexity index is 159. The topological polar surface area (TPSA) is 35.2 Å². The molecule has 2 rings (SSSR count). The van der Waals surface area contributed by atoms with Crippen LogP contribution in [0.25, 0.3) is 0 Å². The van der Waals surface area contributed by atoms with Gasteiger partial charge in [0.15, 0.2) is 0 Å². The standard InChI is InChI=1S/C11H21NO/c12-7-6-11(8-13-9-11)10-4-2-1-3-5-10/h10H,1-9,12H2. The van der Waals surface area contributed by atoms with Crippen LogP contribution in [0.5, 0.6) is 0 Å². The van der Waals surface area contributed by atoms with Crippen LogP contribution in [0.4, 0.5) is 0 Å². The Morgan fingerprint density at radius 1 is 1.15 bits per heavy atom. The molecule has 13 heavy (non-hydrogen) atoms. The fourth-order valence-electron chi connectivity index (χ4n) is 2.95. The minimum absolute atomic E-state index is 0.495. The Morgan fingerprint density at radius 2 is 1.85 bits per heavy atom. The molecular formula is C11H21NO. The lowest BCUT2D eigenvalue weighted by atomic mass is 9.65. The molecule has 2 heteroatoms. The van der Waals surface area contributed by atoms with Gasteiger partial charge in [-0.1, -0.05) is 19.3 Å². The SMILES string of the molecule is NCCC1(C2CCCCC2)COC1. The van der Waals surface area contributed by atoms with Crippen LogP contribution >= 0.6 is 0 Å². The molecule has 1 heterocycles. The number of hydrogen-bond acceptors (Lipinski definition) is 2. The largest absolute Gasteiger partial charge is 0.380 e. The average molecular weight is 183 g/mol. The van der Waals surface area contributed by atoms with Crippen LogP contribution < -0.4 is 5.73 Å². The van der Waals surface area contributed by atoms with Gasteiger partial charge in [-0.2, -0.15) is 0 Å². The molecule has 0 aromatic carbocycles. The molecule has 2 N–H and O–H groups in total. The molecule has 0 amide bonds. The van der Waals surface area contributed by atoms with Crippen molar-refractivity contribution < 1.29 is 4.74 Å². The highest BCUT2D eigenvalue weighted by molar-refractivity contribution is 4.93. The summed E-state index contributed by atoms with van der Waals surface area (Å²) in [5, 5.41) is 0. The predicted molar refractivity (Wildman–Crippen MR) is 53.5 cm³/mol. The first-order valence-corrected chi connectivity index (χ1v) is 5.65. The zero-order valence-electron chi connectivity index (χ0n) is 8.43. The molecule has 1 aliphatic heterocycles. The normalized spacial score (nSPS) is 28.4. The second-order valence-corrected chi connectivity index (χ2v) is 4.73. The highest BCUT2D eigenvalue weighted by Gasteiger charge is 2.44. The third-order valence-electron chi connectivity index (χ3n) is 3.89. The van der Waals surface area contributed by atoms with Crippen molar-refractivity contribution in [2.24, 2.45) is 17.1 Å². The summed E-state index contributed by atoms with van der Waals surface area (Å²) in [5.74, 6) is 0.915. The van der Waals surface area contributed by atoms with Gasteiger partial charge in [0.05, 0.1) is 13.2 Å². The van der Waals surface area contributed by atoms with Crippen molar-refractivity contribution in [2.75, 3.05) is 19.8 Å². The van der Waals surface area contributed by atoms with Gasteiger partial charge in [-0.15, -0.1) is 0 Å². The van der Waals surface area contributed by atoms with Crippen LogP contribution in [0.3, 0.4) is 0 Å². The van der Waals surface area contributed by atoms with Gasteiger partial charge < -0.3 is 10.5 Å². The Balaban J connectivity index is 1.93. The minimum Gasteiger partial charge on any atom is -0.380 e. The van der Waals surface area contributed by atoms with Crippen LogP contribution in [0.15, 0.2) is 0 Å². The summed E-state index contributed by atoms with van der Waals surface area (Å²) >= 11 is 0. The molecule has 1 saturated carbocycles. The van der Waals surface area contributed by atoms with Crippen LogP contribution in [-0.4, -0.2) is 19.8 Å². The molecule has 0 radical (unpaired) electrons. The van der Waals surface area contributed by atoms with Crippen LogP contribution in [0.2, 0.25) is 0 Å². The van der Waals surface area contributed by atoms with E-state index >= 15 is 0 Å². The lowest BCUT2D eigenvalue weighted by Gasteiger charge is -2.48. The maximum Gasteiger partial charge on any atom is 0.0547 e. The minimum atomic E-state index is 0.495. The fourth-order valence-corrected chi connectivity index (χ4v) is 2.95. The fraction of sp³-hybridized carbons (Fsp3) is 1.00. The molecule has 0 bridgehead atoms. The molecule has 0 atom stereocenters. The lowest BCUT2D eigenvalue weighted by Crippen LogP contribution is -2.50. The van der Waals surface area contributed by atoms with Gasteiger partial charge in [-0.3, -0.25) is 0 Å². The first kappa shape index (κ1) is 9.47. The van der Waals surface area contributed by atoms with E-state index in [2.05, 4.69) is 0 Å². The van der Waals surface area contributed by atoms with Crippen molar-refractivity contribution in [2.45, 2.75) is 38.5 Å². The van der Waals surface area contributed by atoms with Crippen molar-refractivity contribution in [1.82, 2.24) is 0 Å². The number of rotatable bonds is 3. The summed E-state index contributed by atoms with van der Waals surface area (Å²) < 4.78 is 5.39. The van der Waals surface area contributed by atoms with E-state index in [1.165, 1.54) is 38.5 Å². The van der Waals surface area contributed by atoms with E-state index in [1.807, 2.05) is 0 Å². The van der Waals surface area contributed by atoms with E-state index in [1.54, 1.807) is 0 Å². The Morgan fingerprint density at radius 3 is 2.31 bits per heavy atom. The van der Waals surface area contributed by atoms with E-state index in [-0.39, 0.29) is 0 Å². The highest BCUT2D eigenvalue weighted by atomic mass is 16.5. The Kier molecular flexibility index (Phi) is 2.89. The van der Waals surface area contributed by atoms with E-state index in [9.17, 15) is 0 Å². The predicted octanol–water partition coefficient (Wildman–Crippen LogP) is 1.93. The van der Waals surface area contributed by atoms with Gasteiger partial charge in [0.1, 0.15) is 0 Å². The zero-order valence-corrected chi connectivity index (χ0v) is 8.43. The third kappa shape index (κ3) is 1.75. The average Bonchev–Trinajstić information content (AvgIpc) is 2.13. The first-order chi connectivity index (χ1) is 6.37. The summed E-state index contributed by atoms with van der Waals surface area (Å²) in [6.07, 6.45) is 8.31. The maximum absolute atomic E-state index is 5.68. The molecule has 76 valence electrons. The monoisotopic (exact) mass is 183 g/mol. The van der Waals surface area contributed by atoms with E-state index in [4.69, 9.17) is 10.5 Å². The van der Waals surface area contributed by atoms with Crippen molar-refractivity contribution in [3.05, 3.63) is 0 Å². The highest BCUT2D eigenvalue weighted by Crippen LogP contribution is 2.45. The third-order valence-corrected chi connectivity index (χ3v) is 3.89. The molecule has 1 saturated heterocycles. The number of ether oxygens (including phenoxy) is 1. The van der Waals surface area contributed by atoms with Gasteiger partial charge in [0.2, 0.25) is 0 Å². The summed E-state index contributed by atoms with van der Waals surface area (Å²) in [6, 6.07) is 0. The molecule has 2 aliphatic rings.